The van der Waals surface area contributed by atoms with Gasteiger partial charge in [0.25, 0.3) is 0 Å². The lowest BCUT2D eigenvalue weighted by Crippen LogP contribution is -2.14. The number of carbonyl (C=O) groups excluding carboxylic acids is 1. The van der Waals surface area contributed by atoms with Crippen molar-refractivity contribution >= 4 is 34.1 Å². The number of nitrogens with zero attached hydrogens (tertiary/aromatic N) is 5. The molecule has 27 heavy (non-hydrogen) atoms. The van der Waals surface area contributed by atoms with Crippen LogP contribution >= 0.6 is 23.1 Å². The molecule has 0 aliphatic heterocycles. The maximum absolute atomic E-state index is 12.3. The first-order valence-electron chi connectivity index (χ1n) is 9.86. The number of anilines is 1. The fraction of sp³-hybridized carbons (Fsp3) is 0.722. The molecular formula is C18H26N6OS2. The second kappa shape index (κ2) is 8.68. The van der Waals surface area contributed by atoms with Crippen LogP contribution in [0, 0.1) is 0 Å². The fourth-order valence-corrected chi connectivity index (χ4v) is 5.72. The Morgan fingerprint density at radius 1 is 1.04 bits per heavy atom. The smallest absolute Gasteiger partial charge is 0.236 e. The number of hydrogen-bond donors (Lipinski definition) is 1. The van der Waals surface area contributed by atoms with E-state index in [0.717, 1.165) is 16.0 Å². The van der Waals surface area contributed by atoms with Crippen LogP contribution in [0.25, 0.3) is 0 Å². The van der Waals surface area contributed by atoms with Crippen molar-refractivity contribution in [2.75, 3.05) is 11.1 Å². The molecule has 4 rings (SSSR count). The molecule has 2 aromatic rings. The second-order valence-corrected chi connectivity index (χ2v) is 9.45. The van der Waals surface area contributed by atoms with Crippen molar-refractivity contribution in [3.63, 3.8) is 0 Å². The molecule has 0 saturated heterocycles. The third-order valence-electron chi connectivity index (χ3n) is 5.56. The highest BCUT2D eigenvalue weighted by Gasteiger charge is 2.24. The molecule has 2 heterocycles. The largest absolute Gasteiger partial charge is 0.309 e. The van der Waals surface area contributed by atoms with E-state index in [9.17, 15) is 4.79 Å². The van der Waals surface area contributed by atoms with Crippen LogP contribution in [0.15, 0.2) is 5.16 Å². The molecule has 9 heteroatoms. The fourth-order valence-electron chi connectivity index (χ4n) is 4.08. The SMILES string of the molecule is Cn1c(SCC(=O)Nc2nnc(C3CCCCC3)s2)nnc1C1CCCC1. The molecule has 1 N–H and O–H groups in total. The molecule has 7 nitrogen and oxygen atoms in total. The first-order valence-corrected chi connectivity index (χ1v) is 11.7. The number of amides is 1. The van der Waals surface area contributed by atoms with Crippen LogP contribution in [0.1, 0.15) is 80.5 Å². The Labute approximate surface area is 167 Å². The van der Waals surface area contributed by atoms with E-state index in [-0.39, 0.29) is 5.91 Å². The van der Waals surface area contributed by atoms with Crippen LogP contribution in [0.3, 0.4) is 0 Å². The van der Waals surface area contributed by atoms with Crippen molar-refractivity contribution in [1.29, 1.82) is 0 Å². The Balaban J connectivity index is 1.29. The van der Waals surface area contributed by atoms with Gasteiger partial charge in [-0.2, -0.15) is 0 Å². The summed E-state index contributed by atoms with van der Waals surface area (Å²) in [5, 5.41) is 22.4. The van der Waals surface area contributed by atoms with Crippen LogP contribution in [0.4, 0.5) is 5.13 Å². The Morgan fingerprint density at radius 2 is 1.74 bits per heavy atom. The van der Waals surface area contributed by atoms with Crippen molar-refractivity contribution in [2.45, 2.75) is 74.8 Å². The molecule has 2 aromatic heterocycles. The van der Waals surface area contributed by atoms with Gasteiger partial charge in [-0.1, -0.05) is 55.2 Å². The molecule has 1 amide bonds. The maximum atomic E-state index is 12.3. The van der Waals surface area contributed by atoms with E-state index in [1.54, 1.807) is 0 Å². The zero-order chi connectivity index (χ0) is 18.6. The van der Waals surface area contributed by atoms with E-state index in [4.69, 9.17) is 0 Å². The lowest BCUT2D eigenvalue weighted by molar-refractivity contribution is -0.113. The highest BCUT2D eigenvalue weighted by atomic mass is 32.2. The summed E-state index contributed by atoms with van der Waals surface area (Å²) in [6.07, 6.45) is 11.2. The summed E-state index contributed by atoms with van der Waals surface area (Å²) >= 11 is 2.94. The van der Waals surface area contributed by atoms with Crippen molar-refractivity contribution in [3.8, 4) is 0 Å². The quantitative estimate of drug-likeness (QED) is 0.727. The summed E-state index contributed by atoms with van der Waals surface area (Å²) in [4.78, 5) is 12.3. The number of carbonyl (C=O) groups is 1. The Hall–Kier alpha value is -1.48. The number of rotatable bonds is 6. The molecule has 0 unspecified atom stereocenters. The summed E-state index contributed by atoms with van der Waals surface area (Å²) in [7, 11) is 2.00. The van der Waals surface area contributed by atoms with Gasteiger partial charge in [-0.15, -0.1) is 20.4 Å². The summed E-state index contributed by atoms with van der Waals surface area (Å²) in [6, 6.07) is 0. The minimum absolute atomic E-state index is 0.0724. The van der Waals surface area contributed by atoms with Gasteiger partial charge in [0.2, 0.25) is 11.0 Å². The van der Waals surface area contributed by atoms with Gasteiger partial charge in [-0.3, -0.25) is 10.1 Å². The van der Waals surface area contributed by atoms with Crippen LogP contribution in [0.5, 0.6) is 0 Å². The van der Waals surface area contributed by atoms with E-state index in [0.29, 0.717) is 22.7 Å². The molecule has 0 atom stereocenters. The Morgan fingerprint density at radius 3 is 2.52 bits per heavy atom. The monoisotopic (exact) mass is 406 g/mol. The first kappa shape index (κ1) is 18.9. The predicted molar refractivity (Wildman–Crippen MR) is 107 cm³/mol. The molecule has 0 radical (unpaired) electrons. The normalized spacial score (nSPS) is 18.9. The van der Waals surface area contributed by atoms with Gasteiger partial charge in [0.1, 0.15) is 10.8 Å². The minimum Gasteiger partial charge on any atom is -0.309 e. The van der Waals surface area contributed by atoms with Gasteiger partial charge in [-0.25, -0.2) is 0 Å². The number of nitrogens with one attached hydrogen (secondary N) is 1. The van der Waals surface area contributed by atoms with Crippen LogP contribution in [-0.4, -0.2) is 36.6 Å². The first-order chi connectivity index (χ1) is 13.2. The van der Waals surface area contributed by atoms with Crippen LogP contribution in [0.2, 0.25) is 0 Å². The topological polar surface area (TPSA) is 85.6 Å². The van der Waals surface area contributed by atoms with Crippen molar-refractivity contribution < 1.29 is 4.79 Å². The molecule has 0 spiro atoms. The van der Waals surface area contributed by atoms with Crippen LogP contribution in [-0.2, 0) is 11.8 Å². The Kier molecular flexibility index (Phi) is 6.07. The summed E-state index contributed by atoms with van der Waals surface area (Å²) in [5.74, 6) is 2.32. The van der Waals surface area contributed by atoms with E-state index >= 15 is 0 Å². The molecular weight excluding hydrogens is 380 g/mol. The number of aromatic nitrogens is 5. The summed E-state index contributed by atoms with van der Waals surface area (Å²) in [5.41, 5.74) is 0. The molecule has 0 aromatic carbocycles. The van der Waals surface area contributed by atoms with Gasteiger partial charge in [0.15, 0.2) is 5.16 Å². The van der Waals surface area contributed by atoms with Gasteiger partial charge in [0.05, 0.1) is 5.75 Å². The predicted octanol–water partition coefficient (Wildman–Crippen LogP) is 4.10. The lowest BCUT2D eigenvalue weighted by atomic mass is 9.90. The third-order valence-corrected chi connectivity index (χ3v) is 7.58. The van der Waals surface area contributed by atoms with E-state index in [2.05, 4.69) is 25.7 Å². The lowest BCUT2D eigenvalue weighted by Gasteiger charge is -2.18. The average molecular weight is 407 g/mol. The minimum atomic E-state index is -0.0724. The van der Waals surface area contributed by atoms with Crippen molar-refractivity contribution in [3.05, 3.63) is 10.8 Å². The molecule has 0 bridgehead atoms. The summed E-state index contributed by atoms with van der Waals surface area (Å²) < 4.78 is 2.04. The maximum Gasteiger partial charge on any atom is 0.236 e. The summed E-state index contributed by atoms with van der Waals surface area (Å²) in [6.45, 7) is 0. The molecule has 146 valence electrons. The van der Waals surface area contributed by atoms with Gasteiger partial charge < -0.3 is 4.57 Å². The zero-order valence-corrected chi connectivity index (χ0v) is 17.3. The van der Waals surface area contributed by atoms with Gasteiger partial charge in [0, 0.05) is 18.9 Å². The van der Waals surface area contributed by atoms with Crippen molar-refractivity contribution in [1.82, 2.24) is 25.0 Å². The molecule has 2 aliphatic rings. The number of thioether (sulfide) groups is 1. The third kappa shape index (κ3) is 4.51. The van der Waals surface area contributed by atoms with Gasteiger partial charge in [-0.05, 0) is 25.7 Å². The highest BCUT2D eigenvalue weighted by Crippen LogP contribution is 2.35. The highest BCUT2D eigenvalue weighted by molar-refractivity contribution is 7.99. The van der Waals surface area contributed by atoms with Crippen molar-refractivity contribution in [2.24, 2.45) is 7.05 Å². The molecule has 2 fully saturated rings. The van der Waals surface area contributed by atoms with E-state index in [1.165, 1.54) is 80.9 Å². The van der Waals surface area contributed by atoms with Crippen LogP contribution < -0.4 is 5.32 Å². The van der Waals surface area contributed by atoms with Gasteiger partial charge >= 0.3 is 0 Å². The zero-order valence-electron chi connectivity index (χ0n) is 15.7. The molecule has 2 aliphatic carbocycles. The van der Waals surface area contributed by atoms with E-state index in [1.807, 2.05) is 11.6 Å². The Bertz CT molecular complexity index is 777. The standard InChI is InChI=1S/C18H26N6OS2/c1-24-15(12-7-5-6-8-12)20-23-18(24)26-11-14(25)19-17-22-21-16(27-17)13-9-3-2-4-10-13/h12-13H,2-11H2,1H3,(H,19,22,25). The van der Waals surface area contributed by atoms with E-state index < -0.39 is 0 Å². The number of hydrogen-bond acceptors (Lipinski definition) is 7. The second-order valence-electron chi connectivity index (χ2n) is 7.50. The molecule has 2 saturated carbocycles. The average Bonchev–Trinajstić information content (AvgIpc) is 3.42.